The maximum atomic E-state index is 13.3. The Kier molecular flexibility index (Phi) is 9.67. The number of likely N-dealkylation sites (tertiary alicyclic amines) is 1. The smallest absolute Gasteiger partial charge is 0.409 e. The van der Waals surface area contributed by atoms with Gasteiger partial charge >= 0.3 is 6.09 Å². The number of carbonyl (C=O) groups is 1. The Hall–Kier alpha value is -2.04. The summed E-state index contributed by atoms with van der Waals surface area (Å²) in [6, 6.07) is 5.07. The Labute approximate surface area is 193 Å². The van der Waals surface area contributed by atoms with Crippen molar-refractivity contribution < 1.29 is 13.9 Å². The van der Waals surface area contributed by atoms with Gasteiger partial charge in [-0.25, -0.2) is 9.18 Å². The second kappa shape index (κ2) is 12.0. The molecule has 1 saturated heterocycles. The third-order valence-electron chi connectivity index (χ3n) is 5.09. The van der Waals surface area contributed by atoms with Gasteiger partial charge < -0.3 is 25.3 Å². The lowest BCUT2D eigenvalue weighted by Gasteiger charge is -2.32. The number of nitrogens with one attached hydrogen (secondary N) is 3. The highest BCUT2D eigenvalue weighted by atomic mass is 127. The largest absolute Gasteiger partial charge is 0.450 e. The van der Waals surface area contributed by atoms with Crippen LogP contribution in [0.1, 0.15) is 32.3 Å². The number of hydrogen-bond donors (Lipinski definition) is 3. The van der Waals surface area contributed by atoms with E-state index in [-0.39, 0.29) is 41.9 Å². The highest BCUT2D eigenvalue weighted by molar-refractivity contribution is 14.0. The van der Waals surface area contributed by atoms with Crippen molar-refractivity contribution >= 4 is 46.9 Å². The second-order valence-electron chi connectivity index (χ2n) is 7.12. The third-order valence-corrected chi connectivity index (χ3v) is 5.09. The number of piperidine rings is 1. The van der Waals surface area contributed by atoms with E-state index in [0.29, 0.717) is 26.2 Å². The van der Waals surface area contributed by atoms with Gasteiger partial charge in [-0.3, -0.25) is 4.99 Å². The predicted molar refractivity (Wildman–Crippen MR) is 128 cm³/mol. The lowest BCUT2D eigenvalue weighted by Crippen LogP contribution is -2.50. The number of nitrogens with zero attached hydrogens (tertiary/aromatic N) is 2. The van der Waals surface area contributed by atoms with Crippen molar-refractivity contribution in [2.45, 2.75) is 39.2 Å². The maximum absolute atomic E-state index is 13.3. The molecule has 0 unspecified atom stereocenters. The number of rotatable bonds is 6. The van der Waals surface area contributed by atoms with Gasteiger partial charge in [0.25, 0.3) is 0 Å². The molecule has 0 spiro atoms. The normalized spacial score (nSPS) is 15.0. The molecule has 9 heteroatoms. The van der Waals surface area contributed by atoms with E-state index < -0.39 is 0 Å². The first kappa shape index (κ1) is 24.2. The molecule has 0 atom stereocenters. The van der Waals surface area contributed by atoms with Crippen molar-refractivity contribution in [3.8, 4) is 0 Å². The van der Waals surface area contributed by atoms with Crippen molar-refractivity contribution in [2.75, 3.05) is 32.8 Å². The summed E-state index contributed by atoms with van der Waals surface area (Å²) in [5.41, 5.74) is 1.93. The first-order chi connectivity index (χ1) is 14.1. The molecule has 1 fully saturated rings. The maximum Gasteiger partial charge on any atom is 0.409 e. The number of aliphatic imine (C=N–C) groups is 1. The summed E-state index contributed by atoms with van der Waals surface area (Å²) >= 11 is 0. The molecular formula is C21H31FIN5O2. The summed E-state index contributed by atoms with van der Waals surface area (Å²) in [6.45, 7) is 7.03. The SMILES string of the molecule is CCNC(=NCCc1c[nH]c2cc(F)ccc12)NC1CCN(C(=O)OCC)CC1.I. The summed E-state index contributed by atoms with van der Waals surface area (Å²) in [6.07, 6.45) is 4.17. The second-order valence-corrected chi connectivity index (χ2v) is 7.12. The number of guanidine groups is 1. The van der Waals surface area contributed by atoms with Gasteiger partial charge in [-0.05, 0) is 56.9 Å². The van der Waals surface area contributed by atoms with Gasteiger partial charge in [0.1, 0.15) is 5.82 Å². The van der Waals surface area contributed by atoms with E-state index in [1.54, 1.807) is 11.0 Å². The molecule has 1 aliphatic rings. The van der Waals surface area contributed by atoms with Crippen LogP contribution in [0.15, 0.2) is 29.4 Å². The quantitative estimate of drug-likeness (QED) is 0.302. The average Bonchev–Trinajstić information content (AvgIpc) is 3.11. The lowest BCUT2D eigenvalue weighted by molar-refractivity contribution is 0.0963. The molecule has 2 heterocycles. The summed E-state index contributed by atoms with van der Waals surface area (Å²) in [5, 5.41) is 7.79. The Morgan fingerprint density at radius 3 is 2.80 bits per heavy atom. The number of carbonyl (C=O) groups excluding carboxylic acids is 1. The summed E-state index contributed by atoms with van der Waals surface area (Å²) in [5.74, 6) is 0.546. The molecule has 1 amide bonds. The number of halogens is 2. The van der Waals surface area contributed by atoms with Gasteiger partial charge in [-0.2, -0.15) is 0 Å². The first-order valence-electron chi connectivity index (χ1n) is 10.3. The Morgan fingerprint density at radius 2 is 2.10 bits per heavy atom. The Bertz CT molecular complexity index is 849. The van der Waals surface area contributed by atoms with Crippen LogP contribution in [0.4, 0.5) is 9.18 Å². The highest BCUT2D eigenvalue weighted by Crippen LogP contribution is 2.19. The number of fused-ring (bicyclic) bond motifs is 1. The number of ether oxygens (including phenoxy) is 1. The molecule has 3 rings (SSSR count). The van der Waals surface area contributed by atoms with Crippen LogP contribution in [0.5, 0.6) is 0 Å². The molecule has 2 aromatic rings. The van der Waals surface area contributed by atoms with E-state index in [1.165, 1.54) is 12.1 Å². The van der Waals surface area contributed by atoms with Crippen molar-refractivity contribution in [1.82, 2.24) is 20.5 Å². The molecule has 0 bridgehead atoms. The van der Waals surface area contributed by atoms with Crippen molar-refractivity contribution in [1.29, 1.82) is 0 Å². The van der Waals surface area contributed by atoms with Crippen LogP contribution in [-0.2, 0) is 11.2 Å². The molecule has 1 aliphatic heterocycles. The summed E-state index contributed by atoms with van der Waals surface area (Å²) in [4.78, 5) is 21.4. The molecule has 3 N–H and O–H groups in total. The lowest BCUT2D eigenvalue weighted by atomic mass is 10.1. The standard InChI is InChI=1S/C21H30FN5O2.HI/c1-3-23-20(26-17-8-11-27(12-9-17)21(28)29-4-2)24-10-7-15-14-25-19-13-16(22)5-6-18(15)19;/h5-6,13-14,17,25H,3-4,7-12H2,1-2H3,(H2,23,24,26);1H. The van der Waals surface area contributed by atoms with Crippen LogP contribution in [0.2, 0.25) is 0 Å². The Morgan fingerprint density at radius 1 is 1.33 bits per heavy atom. The predicted octanol–water partition coefficient (Wildman–Crippen LogP) is 3.64. The average molecular weight is 531 g/mol. The van der Waals surface area contributed by atoms with Gasteiger partial charge in [-0.15, -0.1) is 24.0 Å². The molecule has 0 radical (unpaired) electrons. The Balaban J connectivity index is 0.00000320. The number of aromatic amines is 1. The fraction of sp³-hybridized carbons (Fsp3) is 0.524. The number of amides is 1. The van der Waals surface area contributed by atoms with Crippen molar-refractivity contribution in [3.05, 3.63) is 35.8 Å². The van der Waals surface area contributed by atoms with Crippen LogP contribution in [-0.4, -0.2) is 60.8 Å². The van der Waals surface area contributed by atoms with E-state index in [1.807, 2.05) is 20.0 Å². The van der Waals surface area contributed by atoms with Crippen LogP contribution < -0.4 is 10.6 Å². The minimum absolute atomic E-state index is 0. The fourth-order valence-corrected chi connectivity index (χ4v) is 3.59. The first-order valence-corrected chi connectivity index (χ1v) is 10.3. The van der Waals surface area contributed by atoms with E-state index >= 15 is 0 Å². The molecule has 1 aromatic carbocycles. The van der Waals surface area contributed by atoms with E-state index in [0.717, 1.165) is 48.2 Å². The third kappa shape index (κ3) is 6.48. The zero-order valence-corrected chi connectivity index (χ0v) is 19.9. The zero-order valence-electron chi connectivity index (χ0n) is 17.5. The summed E-state index contributed by atoms with van der Waals surface area (Å²) in [7, 11) is 0. The van der Waals surface area contributed by atoms with E-state index in [2.05, 4.69) is 15.6 Å². The van der Waals surface area contributed by atoms with Crippen LogP contribution in [0.25, 0.3) is 10.9 Å². The zero-order chi connectivity index (χ0) is 20.6. The number of H-pyrrole nitrogens is 1. The van der Waals surface area contributed by atoms with Gasteiger partial charge in [-0.1, -0.05) is 0 Å². The number of aromatic nitrogens is 1. The number of hydrogen-bond acceptors (Lipinski definition) is 3. The minimum atomic E-state index is -0.239. The molecule has 166 valence electrons. The topological polar surface area (TPSA) is 81.8 Å². The molecule has 0 saturated carbocycles. The number of benzene rings is 1. The van der Waals surface area contributed by atoms with Crippen molar-refractivity contribution in [2.24, 2.45) is 4.99 Å². The monoisotopic (exact) mass is 531 g/mol. The van der Waals surface area contributed by atoms with Crippen LogP contribution in [0.3, 0.4) is 0 Å². The minimum Gasteiger partial charge on any atom is -0.450 e. The summed E-state index contributed by atoms with van der Waals surface area (Å²) < 4.78 is 18.4. The van der Waals surface area contributed by atoms with Gasteiger partial charge in [0.15, 0.2) is 5.96 Å². The van der Waals surface area contributed by atoms with Gasteiger partial charge in [0.2, 0.25) is 0 Å². The fourth-order valence-electron chi connectivity index (χ4n) is 3.59. The highest BCUT2D eigenvalue weighted by Gasteiger charge is 2.24. The van der Waals surface area contributed by atoms with Crippen LogP contribution >= 0.6 is 24.0 Å². The molecule has 1 aromatic heterocycles. The van der Waals surface area contributed by atoms with Gasteiger partial charge in [0.05, 0.1) is 6.61 Å². The molecular weight excluding hydrogens is 500 g/mol. The van der Waals surface area contributed by atoms with Crippen molar-refractivity contribution in [3.63, 3.8) is 0 Å². The molecule has 30 heavy (non-hydrogen) atoms. The van der Waals surface area contributed by atoms with Crippen LogP contribution in [0, 0.1) is 5.82 Å². The van der Waals surface area contributed by atoms with E-state index in [9.17, 15) is 9.18 Å². The van der Waals surface area contributed by atoms with E-state index in [4.69, 9.17) is 9.73 Å². The molecule has 7 nitrogen and oxygen atoms in total. The molecule has 0 aliphatic carbocycles. The van der Waals surface area contributed by atoms with Gasteiger partial charge in [0, 0.05) is 49.3 Å².